The summed E-state index contributed by atoms with van der Waals surface area (Å²) in [5.74, 6) is -0.212. The molecule has 28 heavy (non-hydrogen) atoms. The van der Waals surface area contributed by atoms with Gasteiger partial charge in [-0.2, -0.15) is 0 Å². The molecule has 0 unspecified atom stereocenters. The van der Waals surface area contributed by atoms with Crippen LogP contribution in [0.5, 0.6) is 0 Å². The molecule has 0 heterocycles. The van der Waals surface area contributed by atoms with Gasteiger partial charge in [-0.15, -0.1) is 0 Å². The minimum Gasteiger partial charge on any atom is -0.378 e. The second-order valence-corrected chi connectivity index (χ2v) is 6.59. The monoisotopic (exact) mass is 375 g/mol. The molecule has 0 fully saturated rings. The molecule has 6 heteroatoms. The molecule has 0 aliphatic heterocycles. The first-order chi connectivity index (χ1) is 13.5. The number of carbonyl (C=O) groups excluding carboxylic acids is 1. The highest BCUT2D eigenvalue weighted by molar-refractivity contribution is 6.06. The van der Waals surface area contributed by atoms with Gasteiger partial charge in [0.05, 0.1) is 11.5 Å². The quantitative estimate of drug-likeness (QED) is 0.470. The van der Waals surface area contributed by atoms with Crippen LogP contribution in [0.4, 0.5) is 17.1 Å². The Morgan fingerprint density at radius 3 is 1.96 bits per heavy atom. The molecule has 6 nitrogen and oxygen atoms in total. The van der Waals surface area contributed by atoms with E-state index in [2.05, 4.69) is 0 Å². The van der Waals surface area contributed by atoms with Crippen molar-refractivity contribution in [3.8, 4) is 0 Å². The molecular formula is C22H21N3O3. The summed E-state index contributed by atoms with van der Waals surface area (Å²) in [7, 11) is 3.91. The highest BCUT2D eigenvalue weighted by atomic mass is 16.6. The van der Waals surface area contributed by atoms with E-state index in [1.807, 2.05) is 73.6 Å². The summed E-state index contributed by atoms with van der Waals surface area (Å²) in [5.41, 5.74) is 3.15. The fourth-order valence-electron chi connectivity index (χ4n) is 2.86. The maximum absolute atomic E-state index is 13.2. The summed E-state index contributed by atoms with van der Waals surface area (Å²) in [5, 5.41) is 10.9. The van der Waals surface area contributed by atoms with Gasteiger partial charge in [-0.25, -0.2) is 0 Å². The van der Waals surface area contributed by atoms with E-state index in [9.17, 15) is 14.9 Å². The van der Waals surface area contributed by atoms with E-state index >= 15 is 0 Å². The first-order valence-corrected chi connectivity index (χ1v) is 8.83. The van der Waals surface area contributed by atoms with Crippen molar-refractivity contribution in [2.75, 3.05) is 23.9 Å². The van der Waals surface area contributed by atoms with Crippen molar-refractivity contribution in [1.29, 1.82) is 0 Å². The van der Waals surface area contributed by atoms with Crippen LogP contribution in [-0.2, 0) is 6.54 Å². The maximum atomic E-state index is 13.2. The van der Waals surface area contributed by atoms with Crippen LogP contribution in [0.2, 0.25) is 0 Å². The number of carbonyl (C=O) groups is 1. The lowest BCUT2D eigenvalue weighted by Crippen LogP contribution is -2.30. The van der Waals surface area contributed by atoms with Crippen LogP contribution in [0.25, 0.3) is 0 Å². The standard InChI is InChI=1S/C22H21N3O3/c1-23(2)19-12-14-20(15-13-19)24(16-17-6-4-3-5-7-17)22(26)18-8-10-21(11-9-18)25(27)28/h3-15H,16H2,1-2H3. The number of nitrogens with zero attached hydrogens (tertiary/aromatic N) is 3. The van der Waals surface area contributed by atoms with Crippen LogP contribution in [0.15, 0.2) is 78.9 Å². The van der Waals surface area contributed by atoms with Gasteiger partial charge in [0.15, 0.2) is 0 Å². The van der Waals surface area contributed by atoms with E-state index in [1.165, 1.54) is 24.3 Å². The molecule has 3 aromatic rings. The zero-order chi connectivity index (χ0) is 20.1. The first-order valence-electron chi connectivity index (χ1n) is 8.83. The Bertz CT molecular complexity index is 953. The van der Waals surface area contributed by atoms with Crippen molar-refractivity contribution in [3.05, 3.63) is 100 Å². The lowest BCUT2D eigenvalue weighted by atomic mass is 10.1. The SMILES string of the molecule is CN(C)c1ccc(N(Cc2ccccc2)C(=O)c2ccc([N+](=O)[O-])cc2)cc1. The minimum atomic E-state index is -0.476. The summed E-state index contributed by atoms with van der Waals surface area (Å²) in [6.45, 7) is 0.401. The molecule has 3 rings (SSSR count). The average Bonchev–Trinajstić information content (AvgIpc) is 2.72. The van der Waals surface area contributed by atoms with Gasteiger partial charge in [0.2, 0.25) is 0 Å². The lowest BCUT2D eigenvalue weighted by Gasteiger charge is -2.24. The van der Waals surface area contributed by atoms with Gasteiger partial charge in [0.25, 0.3) is 11.6 Å². The van der Waals surface area contributed by atoms with E-state index < -0.39 is 4.92 Å². The van der Waals surface area contributed by atoms with Crippen molar-refractivity contribution in [2.24, 2.45) is 0 Å². The highest BCUT2D eigenvalue weighted by Gasteiger charge is 2.19. The van der Waals surface area contributed by atoms with Gasteiger partial charge in [0, 0.05) is 43.2 Å². The molecule has 0 aliphatic carbocycles. The number of non-ortho nitro benzene ring substituents is 1. The zero-order valence-electron chi connectivity index (χ0n) is 15.8. The molecule has 0 spiro atoms. The predicted octanol–water partition coefficient (Wildman–Crippen LogP) is 4.51. The fraction of sp³-hybridized carbons (Fsp3) is 0.136. The number of hydrogen-bond acceptors (Lipinski definition) is 4. The Hall–Kier alpha value is -3.67. The van der Waals surface area contributed by atoms with E-state index in [0.717, 1.165) is 16.9 Å². The Morgan fingerprint density at radius 2 is 1.43 bits per heavy atom. The molecule has 0 radical (unpaired) electrons. The summed E-state index contributed by atoms with van der Waals surface area (Å²) < 4.78 is 0. The molecule has 0 saturated carbocycles. The molecule has 0 N–H and O–H groups in total. The van der Waals surface area contributed by atoms with Crippen molar-refractivity contribution in [3.63, 3.8) is 0 Å². The minimum absolute atomic E-state index is 0.0403. The summed E-state index contributed by atoms with van der Waals surface area (Å²) in [6, 6.07) is 23.1. The molecule has 0 aromatic heterocycles. The van der Waals surface area contributed by atoms with Gasteiger partial charge in [-0.1, -0.05) is 30.3 Å². The smallest absolute Gasteiger partial charge is 0.269 e. The molecule has 3 aromatic carbocycles. The Kier molecular flexibility index (Phi) is 5.69. The van der Waals surface area contributed by atoms with Gasteiger partial charge < -0.3 is 9.80 Å². The van der Waals surface area contributed by atoms with Gasteiger partial charge >= 0.3 is 0 Å². The fourth-order valence-corrected chi connectivity index (χ4v) is 2.86. The molecule has 0 bridgehead atoms. The van der Waals surface area contributed by atoms with Crippen LogP contribution in [-0.4, -0.2) is 24.9 Å². The third-order valence-electron chi connectivity index (χ3n) is 4.43. The summed E-state index contributed by atoms with van der Waals surface area (Å²) in [4.78, 5) is 27.3. The van der Waals surface area contributed by atoms with E-state index in [-0.39, 0.29) is 11.6 Å². The second-order valence-electron chi connectivity index (χ2n) is 6.59. The molecule has 0 saturated heterocycles. The number of anilines is 2. The summed E-state index contributed by atoms with van der Waals surface area (Å²) in [6.07, 6.45) is 0. The van der Waals surface area contributed by atoms with Crippen LogP contribution >= 0.6 is 0 Å². The van der Waals surface area contributed by atoms with Crippen molar-refractivity contribution < 1.29 is 9.72 Å². The van der Waals surface area contributed by atoms with E-state index in [0.29, 0.717) is 12.1 Å². The number of benzene rings is 3. The third-order valence-corrected chi connectivity index (χ3v) is 4.43. The van der Waals surface area contributed by atoms with Crippen molar-refractivity contribution >= 4 is 23.0 Å². The number of amides is 1. The second kappa shape index (κ2) is 8.35. The van der Waals surface area contributed by atoms with E-state index in [1.54, 1.807) is 4.90 Å². The van der Waals surface area contributed by atoms with Crippen LogP contribution in [0, 0.1) is 10.1 Å². The summed E-state index contributed by atoms with van der Waals surface area (Å²) >= 11 is 0. The van der Waals surface area contributed by atoms with Crippen LogP contribution in [0.3, 0.4) is 0 Å². The Morgan fingerprint density at radius 1 is 0.857 bits per heavy atom. The molecule has 0 aliphatic rings. The Balaban J connectivity index is 1.95. The molecule has 142 valence electrons. The van der Waals surface area contributed by atoms with Gasteiger partial charge in [-0.3, -0.25) is 14.9 Å². The van der Waals surface area contributed by atoms with Gasteiger partial charge in [0.1, 0.15) is 0 Å². The first kappa shape index (κ1) is 19.1. The normalized spacial score (nSPS) is 10.4. The van der Waals surface area contributed by atoms with Gasteiger partial charge in [-0.05, 0) is 42.0 Å². The van der Waals surface area contributed by atoms with Crippen molar-refractivity contribution in [1.82, 2.24) is 0 Å². The van der Waals surface area contributed by atoms with Crippen LogP contribution in [0.1, 0.15) is 15.9 Å². The average molecular weight is 375 g/mol. The van der Waals surface area contributed by atoms with Crippen LogP contribution < -0.4 is 9.80 Å². The third kappa shape index (κ3) is 4.35. The lowest BCUT2D eigenvalue weighted by molar-refractivity contribution is -0.384. The molecule has 1 amide bonds. The highest BCUT2D eigenvalue weighted by Crippen LogP contribution is 2.24. The zero-order valence-corrected chi connectivity index (χ0v) is 15.8. The van der Waals surface area contributed by atoms with E-state index in [4.69, 9.17) is 0 Å². The molecular weight excluding hydrogens is 354 g/mol. The molecule has 0 atom stereocenters. The Labute approximate surface area is 163 Å². The number of nitro groups is 1. The largest absolute Gasteiger partial charge is 0.378 e. The van der Waals surface area contributed by atoms with Crippen molar-refractivity contribution in [2.45, 2.75) is 6.54 Å². The maximum Gasteiger partial charge on any atom is 0.269 e. The topological polar surface area (TPSA) is 66.7 Å². The number of nitro benzene ring substituents is 1. The number of hydrogen-bond donors (Lipinski definition) is 0. The number of rotatable bonds is 6. The predicted molar refractivity (Wildman–Crippen MR) is 111 cm³/mol.